The van der Waals surface area contributed by atoms with Gasteiger partial charge in [-0.15, -0.1) is 0 Å². The molecule has 1 saturated heterocycles. The number of halogens is 1. The van der Waals surface area contributed by atoms with Gasteiger partial charge in [0.25, 0.3) is 0 Å². The highest BCUT2D eigenvalue weighted by atomic mass is 19.1. The molecule has 1 amide bonds. The number of hydrogen-bond acceptors (Lipinski definition) is 5. The van der Waals surface area contributed by atoms with E-state index in [0.717, 1.165) is 0 Å². The number of ether oxygens (including phenoxy) is 2. The Morgan fingerprint density at radius 2 is 2.00 bits per heavy atom. The Bertz CT molecular complexity index is 843. The lowest BCUT2D eigenvalue weighted by Crippen LogP contribution is -2.36. The molecule has 0 bridgehead atoms. The summed E-state index contributed by atoms with van der Waals surface area (Å²) in [5, 5.41) is 4.02. The fourth-order valence-electron chi connectivity index (χ4n) is 2.73. The zero-order valence-corrected chi connectivity index (χ0v) is 15.5. The maximum Gasteiger partial charge on any atom is 0.410 e. The van der Waals surface area contributed by atoms with Gasteiger partial charge in [0.05, 0.1) is 18.3 Å². The van der Waals surface area contributed by atoms with Crippen molar-refractivity contribution in [2.75, 3.05) is 13.1 Å². The topological polar surface area (TPSA) is 73.7 Å². The molecule has 0 radical (unpaired) electrons. The van der Waals surface area contributed by atoms with Gasteiger partial charge in [-0.2, -0.15) is 5.10 Å². The number of esters is 1. The lowest BCUT2D eigenvalue weighted by molar-refractivity contribution is 0.0191. The first kappa shape index (κ1) is 18.9. The van der Waals surface area contributed by atoms with E-state index in [1.54, 1.807) is 39.0 Å². The number of rotatable bonds is 3. The molecule has 2 heterocycles. The van der Waals surface area contributed by atoms with Gasteiger partial charge >= 0.3 is 12.1 Å². The highest BCUT2D eigenvalue weighted by molar-refractivity contribution is 5.89. The standard InChI is InChI=1S/C19H22FN3O4/c1-19(2,3)27-18(25)22-9-8-14(12-22)26-17(24)13-10-21-23(11-13)16-7-5-4-6-15(16)20/h4-7,10-11,14H,8-9,12H2,1-3H3/t14-/m0/s1. The highest BCUT2D eigenvalue weighted by Crippen LogP contribution is 2.19. The molecular formula is C19H22FN3O4. The molecule has 1 fully saturated rings. The summed E-state index contributed by atoms with van der Waals surface area (Å²) in [6, 6.07) is 6.14. The number of nitrogens with zero attached hydrogens (tertiary/aromatic N) is 3. The summed E-state index contributed by atoms with van der Waals surface area (Å²) in [7, 11) is 0. The van der Waals surface area contributed by atoms with Crippen LogP contribution >= 0.6 is 0 Å². The molecule has 7 nitrogen and oxygen atoms in total. The van der Waals surface area contributed by atoms with E-state index in [0.29, 0.717) is 13.0 Å². The summed E-state index contributed by atoms with van der Waals surface area (Å²) in [5.74, 6) is -1.00. The van der Waals surface area contributed by atoms with Crippen LogP contribution in [-0.4, -0.2) is 51.5 Å². The number of amides is 1. The molecule has 0 saturated carbocycles. The van der Waals surface area contributed by atoms with Gasteiger partial charge in [0, 0.05) is 19.2 Å². The van der Waals surface area contributed by atoms with Gasteiger partial charge < -0.3 is 14.4 Å². The van der Waals surface area contributed by atoms with Crippen molar-refractivity contribution in [1.82, 2.24) is 14.7 Å². The van der Waals surface area contributed by atoms with Gasteiger partial charge in [-0.05, 0) is 32.9 Å². The predicted molar refractivity (Wildman–Crippen MR) is 95.1 cm³/mol. The minimum Gasteiger partial charge on any atom is -0.457 e. The molecule has 27 heavy (non-hydrogen) atoms. The molecule has 0 spiro atoms. The monoisotopic (exact) mass is 375 g/mol. The Balaban J connectivity index is 1.59. The normalized spacial score (nSPS) is 17.0. The summed E-state index contributed by atoms with van der Waals surface area (Å²) in [6.45, 7) is 6.13. The second-order valence-corrected chi connectivity index (χ2v) is 7.37. The molecule has 144 valence electrons. The first-order valence-electron chi connectivity index (χ1n) is 8.71. The van der Waals surface area contributed by atoms with Crippen LogP contribution in [0, 0.1) is 5.82 Å². The van der Waals surface area contributed by atoms with Crippen LogP contribution < -0.4 is 0 Å². The fraction of sp³-hybridized carbons (Fsp3) is 0.421. The number of likely N-dealkylation sites (tertiary alicyclic amines) is 1. The molecule has 3 rings (SSSR count). The molecule has 0 aliphatic carbocycles. The average molecular weight is 375 g/mol. The maximum absolute atomic E-state index is 13.8. The van der Waals surface area contributed by atoms with Crippen molar-refractivity contribution in [2.45, 2.75) is 38.9 Å². The molecule has 2 aromatic rings. The van der Waals surface area contributed by atoms with E-state index >= 15 is 0 Å². The minimum atomic E-state index is -0.576. The Kier molecular flexibility index (Phi) is 5.16. The zero-order valence-electron chi connectivity index (χ0n) is 15.5. The van der Waals surface area contributed by atoms with Crippen molar-refractivity contribution in [3.8, 4) is 5.69 Å². The number of hydrogen-bond donors (Lipinski definition) is 0. The van der Waals surface area contributed by atoms with Gasteiger partial charge in [-0.25, -0.2) is 18.7 Å². The van der Waals surface area contributed by atoms with Crippen molar-refractivity contribution in [1.29, 1.82) is 0 Å². The second kappa shape index (κ2) is 7.38. The van der Waals surface area contributed by atoms with Gasteiger partial charge in [0.1, 0.15) is 23.2 Å². The molecule has 1 atom stereocenters. The van der Waals surface area contributed by atoms with E-state index in [2.05, 4.69) is 5.10 Å². The van der Waals surface area contributed by atoms with Crippen molar-refractivity contribution >= 4 is 12.1 Å². The third-order valence-electron chi connectivity index (χ3n) is 3.99. The fourth-order valence-corrected chi connectivity index (χ4v) is 2.73. The quantitative estimate of drug-likeness (QED) is 0.771. The van der Waals surface area contributed by atoms with Crippen LogP contribution in [0.5, 0.6) is 0 Å². The zero-order chi connectivity index (χ0) is 19.6. The number of carbonyl (C=O) groups is 2. The summed E-state index contributed by atoms with van der Waals surface area (Å²) in [5.41, 5.74) is -0.116. The van der Waals surface area contributed by atoms with Gasteiger partial charge in [0.2, 0.25) is 0 Å². The first-order valence-corrected chi connectivity index (χ1v) is 8.71. The minimum absolute atomic E-state index is 0.217. The highest BCUT2D eigenvalue weighted by Gasteiger charge is 2.32. The molecule has 0 unspecified atom stereocenters. The van der Waals surface area contributed by atoms with Crippen LogP contribution in [-0.2, 0) is 9.47 Å². The van der Waals surface area contributed by atoms with Crippen LogP contribution in [0.15, 0.2) is 36.7 Å². The summed E-state index contributed by atoms with van der Waals surface area (Å²) in [4.78, 5) is 25.9. The van der Waals surface area contributed by atoms with Gasteiger partial charge in [-0.1, -0.05) is 12.1 Å². The van der Waals surface area contributed by atoms with Crippen LogP contribution in [0.4, 0.5) is 9.18 Å². The van der Waals surface area contributed by atoms with E-state index in [4.69, 9.17) is 9.47 Å². The number of aromatic nitrogens is 2. The Labute approximate surface area is 156 Å². The van der Waals surface area contributed by atoms with E-state index in [1.165, 1.54) is 28.0 Å². The third kappa shape index (κ3) is 4.64. The number of carbonyl (C=O) groups excluding carboxylic acids is 2. The molecule has 1 aromatic heterocycles. The summed E-state index contributed by atoms with van der Waals surface area (Å²) < 4.78 is 25.9. The lowest BCUT2D eigenvalue weighted by atomic mass is 10.2. The summed E-state index contributed by atoms with van der Waals surface area (Å²) >= 11 is 0. The largest absolute Gasteiger partial charge is 0.457 e. The Morgan fingerprint density at radius 1 is 1.26 bits per heavy atom. The maximum atomic E-state index is 13.8. The number of benzene rings is 1. The molecule has 1 aromatic carbocycles. The van der Waals surface area contributed by atoms with Crippen LogP contribution in [0.3, 0.4) is 0 Å². The molecule has 0 N–H and O–H groups in total. The van der Waals surface area contributed by atoms with E-state index in [9.17, 15) is 14.0 Å². The van der Waals surface area contributed by atoms with E-state index in [-0.39, 0.29) is 17.8 Å². The average Bonchev–Trinajstić information content (AvgIpc) is 3.23. The summed E-state index contributed by atoms with van der Waals surface area (Å²) in [6.07, 6.45) is 2.44. The Hall–Kier alpha value is -2.90. The van der Waals surface area contributed by atoms with Crippen molar-refractivity contribution in [3.05, 3.63) is 48.0 Å². The molecule has 8 heteroatoms. The van der Waals surface area contributed by atoms with Crippen molar-refractivity contribution in [2.24, 2.45) is 0 Å². The molecular weight excluding hydrogens is 353 g/mol. The van der Waals surface area contributed by atoms with Crippen LogP contribution in [0.2, 0.25) is 0 Å². The van der Waals surface area contributed by atoms with Crippen molar-refractivity contribution in [3.63, 3.8) is 0 Å². The van der Waals surface area contributed by atoms with Gasteiger partial charge in [-0.3, -0.25) is 0 Å². The third-order valence-corrected chi connectivity index (χ3v) is 3.99. The smallest absolute Gasteiger partial charge is 0.410 e. The first-order chi connectivity index (χ1) is 12.7. The second-order valence-electron chi connectivity index (χ2n) is 7.37. The van der Waals surface area contributed by atoms with Crippen molar-refractivity contribution < 1.29 is 23.5 Å². The van der Waals surface area contributed by atoms with Crippen LogP contribution in [0.25, 0.3) is 5.69 Å². The van der Waals surface area contributed by atoms with Crippen LogP contribution in [0.1, 0.15) is 37.6 Å². The van der Waals surface area contributed by atoms with E-state index < -0.39 is 29.6 Å². The van der Waals surface area contributed by atoms with Gasteiger partial charge in [0.15, 0.2) is 0 Å². The predicted octanol–water partition coefficient (Wildman–Crippen LogP) is 3.18. The number of para-hydroxylation sites is 1. The lowest BCUT2D eigenvalue weighted by Gasteiger charge is -2.24. The Morgan fingerprint density at radius 3 is 2.70 bits per heavy atom. The molecule has 1 aliphatic heterocycles. The molecule has 1 aliphatic rings. The SMILES string of the molecule is CC(C)(C)OC(=O)N1CC[C@H](OC(=O)c2cnn(-c3ccccc3F)c2)C1. The van der Waals surface area contributed by atoms with E-state index in [1.807, 2.05) is 0 Å².